The normalized spacial score (nSPS) is 12.6. The highest BCUT2D eigenvalue weighted by Gasteiger charge is 2.27. The van der Waals surface area contributed by atoms with Crippen molar-refractivity contribution in [1.82, 2.24) is 14.7 Å². The lowest BCUT2D eigenvalue weighted by atomic mass is 10.0. The third-order valence-electron chi connectivity index (χ3n) is 4.75. The van der Waals surface area contributed by atoms with Gasteiger partial charge in [-0.05, 0) is 36.1 Å². The molecule has 5 N–H and O–H groups in total. The molecule has 3 rings (SSSR count). The second-order valence-corrected chi connectivity index (χ2v) is 9.41. The molecule has 10 heteroatoms. The third kappa shape index (κ3) is 5.27. The Morgan fingerprint density at radius 3 is 2.41 bits per heavy atom. The predicted molar refractivity (Wildman–Crippen MR) is 120 cm³/mol. The third-order valence-corrected chi connectivity index (χ3v) is 6.28. The molecular formula is C22H24FN5O3S. The van der Waals surface area contributed by atoms with Crippen molar-refractivity contribution in [3.05, 3.63) is 60.7 Å². The minimum absolute atomic E-state index is 0.0449. The maximum absolute atomic E-state index is 14.9. The Bertz CT molecular complexity index is 1230. The van der Waals surface area contributed by atoms with Gasteiger partial charge in [0.25, 0.3) is 0 Å². The van der Waals surface area contributed by atoms with Crippen molar-refractivity contribution in [2.75, 3.05) is 5.73 Å². The van der Waals surface area contributed by atoms with Crippen molar-refractivity contribution >= 4 is 21.7 Å². The summed E-state index contributed by atoms with van der Waals surface area (Å²) in [6, 6.07) is 9.39. The van der Waals surface area contributed by atoms with Gasteiger partial charge in [0.15, 0.2) is 0 Å². The van der Waals surface area contributed by atoms with Gasteiger partial charge in [0, 0.05) is 11.1 Å². The van der Waals surface area contributed by atoms with Gasteiger partial charge in [-0.25, -0.2) is 17.8 Å². The van der Waals surface area contributed by atoms with Crippen molar-refractivity contribution < 1.29 is 17.6 Å². The van der Waals surface area contributed by atoms with Crippen LogP contribution in [0, 0.1) is 11.7 Å². The highest BCUT2D eigenvalue weighted by atomic mass is 32.2. The average molecular weight is 458 g/mol. The minimum Gasteiger partial charge on any atom is -0.382 e. The summed E-state index contributed by atoms with van der Waals surface area (Å²) in [5.74, 6) is -1.11. The molecule has 0 radical (unpaired) electrons. The molecule has 0 aliphatic carbocycles. The number of anilines is 1. The Kier molecular flexibility index (Phi) is 6.85. The molecule has 0 saturated heterocycles. The van der Waals surface area contributed by atoms with Gasteiger partial charge < -0.3 is 11.5 Å². The van der Waals surface area contributed by atoms with Gasteiger partial charge in [0.2, 0.25) is 15.9 Å². The lowest BCUT2D eigenvalue weighted by molar-refractivity contribution is -0.119. The molecule has 1 amide bonds. The van der Waals surface area contributed by atoms with Crippen molar-refractivity contribution in [2.24, 2.45) is 11.7 Å². The number of hydrogen-bond acceptors (Lipinski definition) is 6. The Labute approximate surface area is 185 Å². The van der Waals surface area contributed by atoms with Crippen LogP contribution in [0.2, 0.25) is 0 Å². The van der Waals surface area contributed by atoms with Crippen LogP contribution in [0.1, 0.15) is 20.3 Å². The van der Waals surface area contributed by atoms with Crippen LogP contribution in [0.5, 0.6) is 0 Å². The summed E-state index contributed by atoms with van der Waals surface area (Å²) in [5.41, 5.74) is 12.0. The number of nitrogens with two attached hydrogens (primary N) is 2. The molecule has 0 bridgehead atoms. The molecule has 1 aromatic heterocycles. The number of sulfonamides is 1. The van der Waals surface area contributed by atoms with Gasteiger partial charge in [0.05, 0.1) is 23.0 Å². The van der Waals surface area contributed by atoms with E-state index < -0.39 is 27.8 Å². The van der Waals surface area contributed by atoms with Crippen LogP contribution in [0.3, 0.4) is 0 Å². The molecule has 1 heterocycles. The first-order chi connectivity index (χ1) is 15.1. The van der Waals surface area contributed by atoms with Crippen molar-refractivity contribution in [1.29, 1.82) is 0 Å². The van der Waals surface area contributed by atoms with Crippen LogP contribution in [0.4, 0.5) is 10.2 Å². The zero-order valence-electron chi connectivity index (χ0n) is 17.6. The maximum atomic E-state index is 14.9. The number of nitrogen functional groups attached to an aromatic ring is 1. The highest BCUT2D eigenvalue weighted by Crippen LogP contribution is 2.31. The Hall–Kier alpha value is -3.37. The molecule has 0 aliphatic heterocycles. The molecule has 2 aromatic carbocycles. The second-order valence-electron chi connectivity index (χ2n) is 7.72. The fourth-order valence-electron chi connectivity index (χ4n) is 3.25. The molecule has 32 heavy (non-hydrogen) atoms. The van der Waals surface area contributed by atoms with Crippen LogP contribution in [-0.2, 0) is 14.8 Å². The summed E-state index contributed by atoms with van der Waals surface area (Å²) in [4.78, 5) is 19.6. The standard InChI is InChI=1S/C22H24FN5O3S/c1-13(2)9-18(22(25)29)28-32(30,31)20-6-4-3-5-15(20)14-7-8-16(17(23)10-14)19-11-27-21(24)12-26-19/h3-8,10-13,18,28H,9H2,1-2H3,(H2,24,27)(H2,25,29). The van der Waals surface area contributed by atoms with E-state index in [0.717, 1.165) is 0 Å². The molecule has 0 spiro atoms. The fraction of sp³-hybridized carbons (Fsp3) is 0.227. The zero-order valence-corrected chi connectivity index (χ0v) is 18.4. The molecule has 0 aliphatic rings. The predicted octanol–water partition coefficient (Wildman–Crippen LogP) is 2.71. The molecule has 3 aromatic rings. The summed E-state index contributed by atoms with van der Waals surface area (Å²) in [6.45, 7) is 3.71. The zero-order chi connectivity index (χ0) is 23.5. The quantitative estimate of drug-likeness (QED) is 0.475. The summed E-state index contributed by atoms with van der Waals surface area (Å²) in [5, 5.41) is 0. The first kappa shape index (κ1) is 23.3. The monoisotopic (exact) mass is 457 g/mol. The first-order valence-corrected chi connectivity index (χ1v) is 11.4. The topological polar surface area (TPSA) is 141 Å². The second kappa shape index (κ2) is 9.41. The molecule has 1 atom stereocenters. The Morgan fingerprint density at radius 2 is 1.81 bits per heavy atom. The van der Waals surface area contributed by atoms with E-state index in [0.29, 0.717) is 11.3 Å². The van der Waals surface area contributed by atoms with Crippen LogP contribution in [-0.4, -0.2) is 30.3 Å². The number of amides is 1. The van der Waals surface area contributed by atoms with Crippen molar-refractivity contribution in [2.45, 2.75) is 31.2 Å². The number of carbonyl (C=O) groups is 1. The van der Waals surface area contributed by atoms with E-state index >= 15 is 0 Å². The van der Waals surface area contributed by atoms with Crippen molar-refractivity contribution in [3.8, 4) is 22.4 Å². The summed E-state index contributed by atoms with van der Waals surface area (Å²) >= 11 is 0. The summed E-state index contributed by atoms with van der Waals surface area (Å²) in [6.07, 6.45) is 2.93. The van der Waals surface area contributed by atoms with Gasteiger partial charge in [-0.1, -0.05) is 38.1 Å². The van der Waals surface area contributed by atoms with Gasteiger partial charge >= 0.3 is 0 Å². The van der Waals surface area contributed by atoms with E-state index in [2.05, 4.69) is 14.7 Å². The SMILES string of the molecule is CC(C)CC(NS(=O)(=O)c1ccccc1-c1ccc(-c2cnc(N)cn2)c(F)c1)C(N)=O. The molecule has 1 unspecified atom stereocenters. The molecule has 8 nitrogen and oxygen atoms in total. The van der Waals surface area contributed by atoms with E-state index in [-0.39, 0.29) is 34.2 Å². The molecule has 168 valence electrons. The lowest BCUT2D eigenvalue weighted by Gasteiger charge is -2.19. The number of carbonyl (C=O) groups excluding carboxylic acids is 1. The van der Waals surface area contributed by atoms with Crippen LogP contribution in [0.25, 0.3) is 22.4 Å². The van der Waals surface area contributed by atoms with E-state index in [9.17, 15) is 17.6 Å². The van der Waals surface area contributed by atoms with Gasteiger partial charge in [-0.15, -0.1) is 0 Å². The minimum atomic E-state index is -4.12. The summed E-state index contributed by atoms with van der Waals surface area (Å²) < 4.78 is 43.4. The number of primary amides is 1. The molecule has 0 saturated carbocycles. The number of rotatable bonds is 8. The number of nitrogens with zero attached hydrogens (tertiary/aromatic N) is 2. The number of benzene rings is 2. The highest BCUT2D eigenvalue weighted by molar-refractivity contribution is 7.89. The Balaban J connectivity index is 2.00. The van der Waals surface area contributed by atoms with Crippen LogP contribution in [0.15, 0.2) is 59.8 Å². The van der Waals surface area contributed by atoms with E-state index in [1.165, 1.54) is 30.6 Å². The fourth-order valence-corrected chi connectivity index (χ4v) is 4.70. The summed E-state index contributed by atoms with van der Waals surface area (Å²) in [7, 11) is -4.12. The van der Waals surface area contributed by atoms with E-state index in [1.807, 2.05) is 13.8 Å². The maximum Gasteiger partial charge on any atom is 0.241 e. The number of aromatic nitrogens is 2. The molecule has 0 fully saturated rings. The van der Waals surface area contributed by atoms with Gasteiger partial charge in [-0.3, -0.25) is 9.78 Å². The smallest absolute Gasteiger partial charge is 0.241 e. The van der Waals surface area contributed by atoms with Gasteiger partial charge in [0.1, 0.15) is 17.7 Å². The van der Waals surface area contributed by atoms with Crippen molar-refractivity contribution in [3.63, 3.8) is 0 Å². The number of hydrogen-bond donors (Lipinski definition) is 3. The van der Waals surface area contributed by atoms with Crippen LogP contribution < -0.4 is 16.2 Å². The number of nitrogens with one attached hydrogen (secondary N) is 1. The van der Waals surface area contributed by atoms with E-state index in [4.69, 9.17) is 11.5 Å². The first-order valence-electron chi connectivity index (χ1n) is 9.87. The average Bonchev–Trinajstić information content (AvgIpc) is 2.73. The van der Waals surface area contributed by atoms with Gasteiger partial charge in [-0.2, -0.15) is 4.72 Å². The van der Waals surface area contributed by atoms with E-state index in [1.54, 1.807) is 24.3 Å². The largest absolute Gasteiger partial charge is 0.382 e. The Morgan fingerprint density at radius 1 is 1.09 bits per heavy atom. The lowest BCUT2D eigenvalue weighted by Crippen LogP contribution is -2.45. The number of halogens is 1. The van der Waals surface area contributed by atoms with Crippen LogP contribution >= 0.6 is 0 Å². The molecular weight excluding hydrogens is 433 g/mol.